The van der Waals surface area contributed by atoms with Gasteiger partial charge in [-0.1, -0.05) is 35.9 Å². The summed E-state index contributed by atoms with van der Waals surface area (Å²) in [5.74, 6) is 0.0925. The first kappa shape index (κ1) is 20.1. The van der Waals surface area contributed by atoms with Gasteiger partial charge in [0.2, 0.25) is 0 Å². The zero-order valence-electron chi connectivity index (χ0n) is 15.3. The van der Waals surface area contributed by atoms with Crippen molar-refractivity contribution in [3.8, 4) is 0 Å². The molecule has 1 unspecified atom stereocenters. The Morgan fingerprint density at radius 3 is 1.70 bits per heavy atom. The van der Waals surface area contributed by atoms with Crippen LogP contribution in [-0.2, 0) is 0 Å². The molecule has 0 aromatic heterocycles. The third kappa shape index (κ3) is 3.77. The van der Waals surface area contributed by atoms with E-state index in [1.807, 2.05) is 44.2 Å². The molecule has 2 nitrogen and oxygen atoms in total. The smallest absolute Gasteiger partial charge is 0.652 e. The molecule has 0 saturated heterocycles. The third-order valence-electron chi connectivity index (χ3n) is 4.87. The minimum Gasteiger partial charge on any atom is -0.652 e. The summed E-state index contributed by atoms with van der Waals surface area (Å²) in [5, 5.41) is 4.35. The van der Waals surface area contributed by atoms with Crippen molar-refractivity contribution >= 4 is 5.78 Å². The molecule has 0 radical (unpaired) electrons. The molecule has 0 aliphatic heterocycles. The van der Waals surface area contributed by atoms with Crippen LogP contribution in [0.2, 0.25) is 0 Å². The molecule has 23 heavy (non-hydrogen) atoms. The molecule has 0 heterocycles. The van der Waals surface area contributed by atoms with Crippen LogP contribution in [0.5, 0.6) is 0 Å². The molecule has 0 N–H and O–H groups in total. The van der Waals surface area contributed by atoms with Gasteiger partial charge >= 0.3 is 29.6 Å². The number of likely N-dealkylation sites (N-methyl/N-ethyl adjacent to an activating group) is 1. The zero-order valence-corrected chi connectivity index (χ0v) is 17.3. The van der Waals surface area contributed by atoms with E-state index in [0.29, 0.717) is 0 Å². The van der Waals surface area contributed by atoms with Crippen molar-refractivity contribution in [1.82, 2.24) is 0 Å². The molecule has 2 rings (SSSR count). The second kappa shape index (κ2) is 8.25. The van der Waals surface area contributed by atoms with E-state index in [-0.39, 0.29) is 35.3 Å². The molecular formula is C20H24NNaO. The summed E-state index contributed by atoms with van der Waals surface area (Å²) in [5.41, 5.74) is 7.62. The molecule has 0 bridgehead atoms. The monoisotopic (exact) mass is 317 g/mol. The third-order valence-corrected chi connectivity index (χ3v) is 4.87. The number of nitrogens with zero attached hydrogens (tertiary/aromatic N) is 1. The summed E-state index contributed by atoms with van der Waals surface area (Å²) in [6.45, 7) is 10.4. The van der Waals surface area contributed by atoms with Crippen molar-refractivity contribution in [3.63, 3.8) is 0 Å². The van der Waals surface area contributed by atoms with Crippen LogP contribution in [-0.4, -0.2) is 12.8 Å². The van der Waals surface area contributed by atoms with Gasteiger partial charge in [-0.25, -0.2) is 0 Å². The van der Waals surface area contributed by atoms with Crippen LogP contribution >= 0.6 is 0 Å². The topological polar surface area (TPSA) is 31.2 Å². The Kier molecular flexibility index (Phi) is 7.22. The predicted octanol–water partition coefficient (Wildman–Crippen LogP) is 2.16. The number of hydrogen-bond acceptors (Lipinski definition) is 1. The predicted molar refractivity (Wildman–Crippen MR) is 92.9 cm³/mol. The molecule has 2 aromatic carbocycles. The molecule has 0 saturated carbocycles. The fourth-order valence-corrected chi connectivity index (χ4v) is 3.06. The van der Waals surface area contributed by atoms with E-state index in [4.69, 9.17) is 0 Å². The average Bonchev–Trinajstić information content (AvgIpc) is 2.53. The van der Waals surface area contributed by atoms with Crippen molar-refractivity contribution in [2.24, 2.45) is 0 Å². The van der Waals surface area contributed by atoms with Gasteiger partial charge in [0, 0.05) is 5.56 Å². The molecular weight excluding hydrogens is 293 g/mol. The second-order valence-corrected chi connectivity index (χ2v) is 5.94. The summed E-state index contributed by atoms with van der Waals surface area (Å²) in [7, 11) is 1.72. The van der Waals surface area contributed by atoms with Gasteiger partial charge in [0.15, 0.2) is 0 Å². The van der Waals surface area contributed by atoms with Gasteiger partial charge < -0.3 is 5.32 Å². The Labute approximate surface area is 162 Å². The van der Waals surface area contributed by atoms with Gasteiger partial charge in [0.1, 0.15) is 5.78 Å². The minimum absolute atomic E-state index is 0. The maximum absolute atomic E-state index is 13.1. The SMILES string of the molecule is C[N-]C(C(=O)c1c(C)c(C)c(C)c(C)c1C)c1ccccc1.[Na+]. The summed E-state index contributed by atoms with van der Waals surface area (Å²) in [6.07, 6.45) is 0. The summed E-state index contributed by atoms with van der Waals surface area (Å²) in [4.78, 5) is 13.1. The van der Waals surface area contributed by atoms with Crippen LogP contribution in [0.15, 0.2) is 30.3 Å². The van der Waals surface area contributed by atoms with E-state index in [9.17, 15) is 4.79 Å². The Bertz CT molecular complexity index is 678. The Balaban J connectivity index is 0.00000264. The number of rotatable bonds is 4. The Morgan fingerprint density at radius 1 is 0.826 bits per heavy atom. The maximum Gasteiger partial charge on any atom is 1.00 e. The van der Waals surface area contributed by atoms with Gasteiger partial charge in [-0.3, -0.25) is 4.79 Å². The number of carbonyl (C=O) groups excluding carboxylic acids is 1. The van der Waals surface area contributed by atoms with Crippen LogP contribution in [0.3, 0.4) is 0 Å². The molecule has 0 aliphatic rings. The Hall–Kier alpha value is -0.930. The number of Topliss-reactive ketones (excluding diaryl/α,β-unsaturated/α-hetero) is 1. The first-order valence-corrected chi connectivity index (χ1v) is 7.65. The van der Waals surface area contributed by atoms with Crippen LogP contribution in [0, 0.1) is 34.6 Å². The van der Waals surface area contributed by atoms with Gasteiger partial charge in [-0.15, -0.1) is 0 Å². The van der Waals surface area contributed by atoms with Crippen molar-refractivity contribution in [2.75, 3.05) is 7.05 Å². The molecule has 116 valence electrons. The molecule has 0 amide bonds. The number of carbonyl (C=O) groups is 1. The van der Waals surface area contributed by atoms with E-state index in [0.717, 1.165) is 22.3 Å². The standard InChI is InChI=1S/C20H24NO.Na/c1-12-13(2)15(4)18(16(5)14(12)3)20(22)19(21-6)17-10-8-7-9-11-17;/h7-11,19H,1-6H3;/q-1;+1. The van der Waals surface area contributed by atoms with E-state index < -0.39 is 6.04 Å². The quantitative estimate of drug-likeness (QED) is 0.628. The van der Waals surface area contributed by atoms with Crippen LogP contribution in [0.1, 0.15) is 49.8 Å². The van der Waals surface area contributed by atoms with Gasteiger partial charge in [-0.05, 0) is 68.5 Å². The van der Waals surface area contributed by atoms with Gasteiger partial charge in [-0.2, -0.15) is 7.05 Å². The summed E-state index contributed by atoms with van der Waals surface area (Å²) >= 11 is 0. The van der Waals surface area contributed by atoms with E-state index in [1.54, 1.807) is 7.05 Å². The van der Waals surface area contributed by atoms with Crippen molar-refractivity contribution in [1.29, 1.82) is 0 Å². The van der Waals surface area contributed by atoms with Gasteiger partial charge in [0.25, 0.3) is 0 Å². The largest absolute Gasteiger partial charge is 1.00 e. The number of ketones is 1. The summed E-state index contributed by atoms with van der Waals surface area (Å²) in [6, 6.07) is 9.36. The molecule has 2 aromatic rings. The Morgan fingerprint density at radius 2 is 1.26 bits per heavy atom. The summed E-state index contributed by atoms with van der Waals surface area (Å²) < 4.78 is 0. The van der Waals surface area contributed by atoms with Gasteiger partial charge in [0.05, 0.1) is 0 Å². The zero-order chi connectivity index (χ0) is 16.4. The molecule has 0 fully saturated rings. The molecule has 3 heteroatoms. The average molecular weight is 317 g/mol. The van der Waals surface area contributed by atoms with Crippen molar-refractivity contribution in [3.05, 3.63) is 74.6 Å². The maximum atomic E-state index is 13.1. The minimum atomic E-state index is -0.430. The van der Waals surface area contributed by atoms with E-state index >= 15 is 0 Å². The second-order valence-electron chi connectivity index (χ2n) is 5.94. The van der Waals surface area contributed by atoms with Crippen LogP contribution < -0.4 is 29.6 Å². The van der Waals surface area contributed by atoms with Crippen molar-refractivity contribution in [2.45, 2.75) is 40.7 Å². The molecule has 0 spiro atoms. The number of hydrogen-bond donors (Lipinski definition) is 0. The number of benzene rings is 2. The fraction of sp³-hybridized carbons (Fsp3) is 0.350. The normalized spacial score (nSPS) is 11.7. The fourth-order valence-electron chi connectivity index (χ4n) is 3.06. The van der Waals surface area contributed by atoms with Crippen LogP contribution in [0.4, 0.5) is 0 Å². The van der Waals surface area contributed by atoms with E-state index in [2.05, 4.69) is 26.1 Å². The van der Waals surface area contributed by atoms with E-state index in [1.165, 1.54) is 16.7 Å². The van der Waals surface area contributed by atoms with Crippen molar-refractivity contribution < 1.29 is 34.4 Å². The molecule has 0 aliphatic carbocycles. The first-order chi connectivity index (χ1) is 10.4. The molecule has 1 atom stereocenters. The first-order valence-electron chi connectivity index (χ1n) is 7.65. The van der Waals surface area contributed by atoms with Crippen LogP contribution in [0.25, 0.3) is 5.32 Å².